The Morgan fingerprint density at radius 1 is 1.09 bits per heavy atom. The molecule has 0 spiro atoms. The number of aromatic nitrogens is 2. The van der Waals surface area contributed by atoms with E-state index in [1.807, 2.05) is 61.5 Å². The Morgan fingerprint density at radius 2 is 1.83 bits per heavy atom. The van der Waals surface area contributed by atoms with Gasteiger partial charge in [-0.1, -0.05) is 29.8 Å². The number of H-pyrrole nitrogens is 1. The Morgan fingerprint density at radius 3 is 2.48 bits per heavy atom. The highest BCUT2D eigenvalue weighted by Gasteiger charge is 2.05. The van der Waals surface area contributed by atoms with E-state index in [1.165, 1.54) is 0 Å². The summed E-state index contributed by atoms with van der Waals surface area (Å²) in [6.07, 6.45) is 1.70. The van der Waals surface area contributed by atoms with Crippen LogP contribution in [0.15, 0.2) is 60.8 Å². The van der Waals surface area contributed by atoms with Crippen LogP contribution in [-0.4, -0.2) is 22.7 Å². The predicted octanol–water partition coefficient (Wildman–Crippen LogP) is 3.40. The van der Waals surface area contributed by atoms with Crippen LogP contribution in [0.1, 0.15) is 5.56 Å². The number of rotatable bonds is 5. The maximum absolute atomic E-state index is 11.9. The molecular weight excluding hydrogens is 290 g/mol. The monoisotopic (exact) mass is 307 g/mol. The zero-order chi connectivity index (χ0) is 16.1. The first-order valence-electron chi connectivity index (χ1n) is 7.30. The molecule has 0 atom stereocenters. The predicted molar refractivity (Wildman–Crippen MR) is 89.3 cm³/mol. The molecule has 3 aromatic rings. The Labute approximate surface area is 134 Å². The lowest BCUT2D eigenvalue weighted by Gasteiger charge is -2.08. The zero-order valence-electron chi connectivity index (χ0n) is 12.7. The number of anilines is 1. The molecule has 0 aliphatic carbocycles. The van der Waals surface area contributed by atoms with Gasteiger partial charge in [0.1, 0.15) is 5.75 Å². The number of nitrogens with one attached hydrogen (secondary N) is 2. The summed E-state index contributed by atoms with van der Waals surface area (Å²) in [5.41, 5.74) is 3.83. The first kappa shape index (κ1) is 14.8. The summed E-state index contributed by atoms with van der Waals surface area (Å²) in [5.74, 6) is 0.486. The number of amides is 1. The Balaban J connectivity index is 1.54. The van der Waals surface area contributed by atoms with Crippen molar-refractivity contribution in [1.29, 1.82) is 0 Å². The number of aryl methyl sites for hydroxylation is 1. The molecule has 1 aromatic heterocycles. The fourth-order valence-electron chi connectivity index (χ4n) is 2.13. The number of aromatic amines is 1. The molecule has 5 heteroatoms. The minimum absolute atomic E-state index is 0.0225. The van der Waals surface area contributed by atoms with Crippen LogP contribution in [0, 0.1) is 6.92 Å². The minimum atomic E-state index is -0.195. The van der Waals surface area contributed by atoms with E-state index in [2.05, 4.69) is 15.5 Å². The van der Waals surface area contributed by atoms with Gasteiger partial charge in [0, 0.05) is 11.9 Å². The summed E-state index contributed by atoms with van der Waals surface area (Å²) in [4.78, 5) is 11.9. The second kappa shape index (κ2) is 6.79. The van der Waals surface area contributed by atoms with E-state index in [0.29, 0.717) is 5.75 Å². The van der Waals surface area contributed by atoms with Crippen LogP contribution in [0.25, 0.3) is 11.3 Å². The lowest BCUT2D eigenvalue weighted by Crippen LogP contribution is -2.20. The molecule has 0 fully saturated rings. The number of benzene rings is 2. The van der Waals surface area contributed by atoms with Crippen LogP contribution in [0.4, 0.5) is 5.69 Å². The first-order valence-corrected chi connectivity index (χ1v) is 7.30. The molecule has 0 aliphatic heterocycles. The first-order chi connectivity index (χ1) is 11.2. The van der Waals surface area contributed by atoms with Gasteiger partial charge in [-0.15, -0.1) is 0 Å². The molecule has 3 rings (SSSR count). The maximum Gasteiger partial charge on any atom is 0.262 e. The molecule has 5 nitrogen and oxygen atoms in total. The van der Waals surface area contributed by atoms with Gasteiger partial charge in [-0.05, 0) is 42.8 Å². The summed E-state index contributed by atoms with van der Waals surface area (Å²) in [7, 11) is 0. The number of hydrogen-bond donors (Lipinski definition) is 2. The minimum Gasteiger partial charge on any atom is -0.484 e. The van der Waals surface area contributed by atoms with Gasteiger partial charge in [-0.2, -0.15) is 5.10 Å². The van der Waals surface area contributed by atoms with Crippen molar-refractivity contribution in [3.63, 3.8) is 0 Å². The lowest BCUT2D eigenvalue weighted by molar-refractivity contribution is -0.118. The maximum atomic E-state index is 11.9. The standard InChI is InChI=1S/C18H17N3O2/c1-13-2-8-16(9-3-13)23-12-18(22)20-15-6-4-14(5-7-15)17-10-11-19-21-17/h2-11H,12H2,1H3,(H,19,21)(H,20,22). The van der Waals surface area contributed by atoms with Gasteiger partial charge in [0.05, 0.1) is 5.69 Å². The second-order valence-electron chi connectivity index (χ2n) is 5.20. The van der Waals surface area contributed by atoms with E-state index in [-0.39, 0.29) is 12.5 Å². The van der Waals surface area contributed by atoms with Crippen molar-refractivity contribution < 1.29 is 9.53 Å². The SMILES string of the molecule is Cc1ccc(OCC(=O)Nc2ccc(-c3ccn[nH]3)cc2)cc1. The van der Waals surface area contributed by atoms with E-state index in [4.69, 9.17) is 4.74 Å². The number of hydrogen-bond acceptors (Lipinski definition) is 3. The van der Waals surface area contributed by atoms with Gasteiger partial charge in [0.2, 0.25) is 0 Å². The Bertz CT molecular complexity index is 763. The van der Waals surface area contributed by atoms with E-state index < -0.39 is 0 Å². The van der Waals surface area contributed by atoms with Crippen LogP contribution in [-0.2, 0) is 4.79 Å². The van der Waals surface area contributed by atoms with Crippen molar-refractivity contribution in [3.8, 4) is 17.0 Å². The van der Waals surface area contributed by atoms with Crippen LogP contribution in [0.2, 0.25) is 0 Å². The molecule has 1 amide bonds. The van der Waals surface area contributed by atoms with Crippen LogP contribution < -0.4 is 10.1 Å². The molecule has 2 aromatic carbocycles. The molecule has 0 bridgehead atoms. The molecule has 1 heterocycles. The third-order valence-electron chi connectivity index (χ3n) is 3.37. The van der Waals surface area contributed by atoms with Gasteiger partial charge in [0.25, 0.3) is 5.91 Å². The van der Waals surface area contributed by atoms with Crippen molar-refractivity contribution in [2.45, 2.75) is 6.92 Å². The van der Waals surface area contributed by atoms with E-state index in [9.17, 15) is 4.79 Å². The molecule has 116 valence electrons. The van der Waals surface area contributed by atoms with E-state index >= 15 is 0 Å². The largest absolute Gasteiger partial charge is 0.484 e. The normalized spacial score (nSPS) is 10.3. The summed E-state index contributed by atoms with van der Waals surface area (Å²) in [5, 5.41) is 9.62. The smallest absolute Gasteiger partial charge is 0.262 e. The average Bonchev–Trinajstić information content (AvgIpc) is 3.09. The summed E-state index contributed by atoms with van der Waals surface area (Å²) >= 11 is 0. The zero-order valence-corrected chi connectivity index (χ0v) is 12.7. The van der Waals surface area contributed by atoms with Gasteiger partial charge in [0.15, 0.2) is 6.61 Å². The van der Waals surface area contributed by atoms with Crippen LogP contribution in [0.5, 0.6) is 5.75 Å². The third-order valence-corrected chi connectivity index (χ3v) is 3.37. The van der Waals surface area contributed by atoms with Gasteiger partial charge in [-0.25, -0.2) is 0 Å². The van der Waals surface area contributed by atoms with Crippen molar-refractivity contribution >= 4 is 11.6 Å². The second-order valence-corrected chi connectivity index (χ2v) is 5.20. The van der Waals surface area contributed by atoms with Gasteiger partial charge >= 0.3 is 0 Å². The molecule has 2 N–H and O–H groups in total. The number of carbonyl (C=O) groups excluding carboxylic acids is 1. The molecule has 23 heavy (non-hydrogen) atoms. The van der Waals surface area contributed by atoms with Crippen LogP contribution >= 0.6 is 0 Å². The van der Waals surface area contributed by atoms with E-state index in [0.717, 1.165) is 22.5 Å². The highest BCUT2D eigenvalue weighted by atomic mass is 16.5. The lowest BCUT2D eigenvalue weighted by atomic mass is 10.1. The summed E-state index contributed by atoms with van der Waals surface area (Å²) in [6.45, 7) is 1.98. The van der Waals surface area contributed by atoms with Gasteiger partial charge < -0.3 is 10.1 Å². The molecule has 0 radical (unpaired) electrons. The molecule has 0 saturated carbocycles. The summed E-state index contributed by atoms with van der Waals surface area (Å²) in [6, 6.07) is 17.0. The fraction of sp³-hybridized carbons (Fsp3) is 0.111. The number of nitrogens with zero attached hydrogens (tertiary/aromatic N) is 1. The Hall–Kier alpha value is -3.08. The topological polar surface area (TPSA) is 67.0 Å². The van der Waals surface area contributed by atoms with Crippen molar-refractivity contribution in [1.82, 2.24) is 10.2 Å². The molecule has 0 unspecified atom stereocenters. The third kappa shape index (κ3) is 3.97. The molecule has 0 saturated heterocycles. The highest BCUT2D eigenvalue weighted by Crippen LogP contribution is 2.19. The van der Waals surface area contributed by atoms with Crippen LogP contribution in [0.3, 0.4) is 0 Å². The molecule has 0 aliphatic rings. The highest BCUT2D eigenvalue weighted by molar-refractivity contribution is 5.92. The summed E-state index contributed by atoms with van der Waals surface area (Å²) < 4.78 is 5.45. The van der Waals surface area contributed by atoms with Crippen molar-refractivity contribution in [3.05, 3.63) is 66.4 Å². The number of ether oxygens (including phenoxy) is 1. The quantitative estimate of drug-likeness (QED) is 0.759. The number of carbonyl (C=O) groups is 1. The Kier molecular flexibility index (Phi) is 4.38. The average molecular weight is 307 g/mol. The van der Waals surface area contributed by atoms with Crippen molar-refractivity contribution in [2.75, 3.05) is 11.9 Å². The van der Waals surface area contributed by atoms with E-state index in [1.54, 1.807) is 6.20 Å². The fourth-order valence-corrected chi connectivity index (χ4v) is 2.13. The van der Waals surface area contributed by atoms with Gasteiger partial charge in [-0.3, -0.25) is 9.89 Å². The molecular formula is C18H17N3O2. The van der Waals surface area contributed by atoms with Crippen molar-refractivity contribution in [2.24, 2.45) is 0 Å².